The van der Waals surface area contributed by atoms with Gasteiger partial charge in [0, 0.05) is 24.7 Å². The number of nitrogens with one attached hydrogen (secondary N) is 1. The number of hydrogen-bond acceptors (Lipinski definition) is 5. The van der Waals surface area contributed by atoms with Crippen molar-refractivity contribution < 1.29 is 9.72 Å². The molecular formula is C13H20N4O3. The van der Waals surface area contributed by atoms with Crippen LogP contribution in [0, 0.1) is 10.1 Å². The van der Waals surface area contributed by atoms with E-state index in [2.05, 4.69) is 5.43 Å². The number of carbonyl (C=O) groups is 1. The SMILES string of the molecule is CCCN(CCC)C(=O)c1ccc(NN)c([N+](=O)[O-])c1. The van der Waals surface area contributed by atoms with E-state index >= 15 is 0 Å². The first-order valence-corrected chi connectivity index (χ1v) is 6.59. The van der Waals surface area contributed by atoms with Crippen LogP contribution in [0.2, 0.25) is 0 Å². The van der Waals surface area contributed by atoms with Crippen molar-refractivity contribution >= 4 is 17.3 Å². The van der Waals surface area contributed by atoms with Gasteiger partial charge in [-0.2, -0.15) is 0 Å². The van der Waals surface area contributed by atoms with Crippen molar-refractivity contribution in [2.75, 3.05) is 18.5 Å². The third-order valence-electron chi connectivity index (χ3n) is 2.87. The summed E-state index contributed by atoms with van der Waals surface area (Å²) in [6.45, 7) is 5.24. The topological polar surface area (TPSA) is 102 Å². The first kappa shape index (κ1) is 15.9. The number of benzene rings is 1. The second-order valence-corrected chi connectivity index (χ2v) is 4.43. The third-order valence-corrected chi connectivity index (χ3v) is 2.87. The molecule has 20 heavy (non-hydrogen) atoms. The molecule has 1 rings (SSSR count). The summed E-state index contributed by atoms with van der Waals surface area (Å²) in [5.41, 5.74) is 2.54. The van der Waals surface area contributed by atoms with Crippen LogP contribution in [0.15, 0.2) is 18.2 Å². The third kappa shape index (κ3) is 3.67. The highest BCUT2D eigenvalue weighted by Crippen LogP contribution is 2.25. The lowest BCUT2D eigenvalue weighted by molar-refractivity contribution is -0.384. The van der Waals surface area contributed by atoms with Crippen LogP contribution < -0.4 is 11.3 Å². The van der Waals surface area contributed by atoms with Crippen molar-refractivity contribution in [3.05, 3.63) is 33.9 Å². The van der Waals surface area contributed by atoms with Gasteiger partial charge >= 0.3 is 0 Å². The summed E-state index contributed by atoms with van der Waals surface area (Å²) in [4.78, 5) is 24.5. The minimum absolute atomic E-state index is 0.184. The number of anilines is 1. The summed E-state index contributed by atoms with van der Waals surface area (Å²) in [5.74, 6) is 5.03. The number of hydrazine groups is 1. The van der Waals surface area contributed by atoms with E-state index < -0.39 is 4.92 Å². The molecule has 0 unspecified atom stereocenters. The molecule has 0 spiro atoms. The number of nitrogens with two attached hydrogens (primary N) is 1. The Morgan fingerprint density at radius 1 is 1.35 bits per heavy atom. The van der Waals surface area contributed by atoms with Gasteiger partial charge in [0.1, 0.15) is 5.69 Å². The normalized spacial score (nSPS) is 10.2. The number of hydrogen-bond donors (Lipinski definition) is 2. The summed E-state index contributed by atoms with van der Waals surface area (Å²) >= 11 is 0. The van der Waals surface area contributed by atoms with E-state index in [-0.39, 0.29) is 17.3 Å². The Morgan fingerprint density at radius 2 is 1.95 bits per heavy atom. The predicted octanol–water partition coefficient (Wildman–Crippen LogP) is 2.14. The zero-order valence-electron chi connectivity index (χ0n) is 11.8. The maximum Gasteiger partial charge on any atom is 0.294 e. The monoisotopic (exact) mass is 280 g/mol. The molecule has 0 radical (unpaired) electrons. The first-order valence-electron chi connectivity index (χ1n) is 6.59. The molecule has 0 aliphatic carbocycles. The van der Waals surface area contributed by atoms with E-state index in [1.807, 2.05) is 13.8 Å². The molecule has 0 aliphatic rings. The molecule has 1 aromatic rings. The maximum absolute atomic E-state index is 12.4. The lowest BCUT2D eigenvalue weighted by Crippen LogP contribution is -2.32. The largest absolute Gasteiger partial charge is 0.339 e. The fraction of sp³-hybridized carbons (Fsp3) is 0.462. The molecule has 0 atom stereocenters. The standard InChI is InChI=1S/C13H20N4O3/c1-3-7-16(8-4-2)13(18)10-5-6-11(15-14)12(9-10)17(19)20/h5-6,9,15H,3-4,7-8,14H2,1-2H3. The molecule has 0 aromatic heterocycles. The summed E-state index contributed by atoms with van der Waals surface area (Å²) in [5, 5.41) is 11.0. The molecule has 0 heterocycles. The van der Waals surface area contributed by atoms with Gasteiger partial charge in [-0.3, -0.25) is 20.8 Å². The maximum atomic E-state index is 12.4. The van der Waals surface area contributed by atoms with Gasteiger partial charge < -0.3 is 10.3 Å². The van der Waals surface area contributed by atoms with Crippen LogP contribution in [0.4, 0.5) is 11.4 Å². The molecule has 1 amide bonds. The Labute approximate surface area is 117 Å². The van der Waals surface area contributed by atoms with Gasteiger partial charge in [-0.1, -0.05) is 13.8 Å². The van der Waals surface area contributed by atoms with Crippen LogP contribution in [0.5, 0.6) is 0 Å². The number of amides is 1. The van der Waals surface area contributed by atoms with Crippen molar-refractivity contribution in [2.45, 2.75) is 26.7 Å². The fourth-order valence-corrected chi connectivity index (χ4v) is 1.98. The van der Waals surface area contributed by atoms with Gasteiger partial charge in [-0.25, -0.2) is 0 Å². The lowest BCUT2D eigenvalue weighted by Gasteiger charge is -2.21. The number of nitro groups is 1. The quantitative estimate of drug-likeness (QED) is 0.452. The van der Waals surface area contributed by atoms with Crippen molar-refractivity contribution in [3.63, 3.8) is 0 Å². The fourth-order valence-electron chi connectivity index (χ4n) is 1.98. The number of nitrogens with zero attached hydrogens (tertiary/aromatic N) is 2. The Balaban J connectivity index is 3.08. The highest BCUT2D eigenvalue weighted by atomic mass is 16.6. The Hall–Kier alpha value is -2.15. The van der Waals surface area contributed by atoms with Crippen molar-refractivity contribution in [1.82, 2.24) is 4.90 Å². The number of rotatable bonds is 7. The van der Waals surface area contributed by atoms with Crippen molar-refractivity contribution in [1.29, 1.82) is 0 Å². The van der Waals surface area contributed by atoms with Crippen LogP contribution in [0.3, 0.4) is 0 Å². The van der Waals surface area contributed by atoms with Gasteiger partial charge in [0.2, 0.25) is 0 Å². The van der Waals surface area contributed by atoms with Crippen LogP contribution in [0.1, 0.15) is 37.0 Å². The van der Waals surface area contributed by atoms with Gasteiger partial charge in [0.25, 0.3) is 11.6 Å². The van der Waals surface area contributed by atoms with Crippen LogP contribution in [-0.2, 0) is 0 Å². The van der Waals surface area contributed by atoms with Gasteiger partial charge in [-0.15, -0.1) is 0 Å². The van der Waals surface area contributed by atoms with Crippen molar-refractivity contribution in [2.24, 2.45) is 5.84 Å². The average Bonchev–Trinajstić information content (AvgIpc) is 2.45. The summed E-state index contributed by atoms with van der Waals surface area (Å²) in [6, 6.07) is 4.25. The summed E-state index contributed by atoms with van der Waals surface area (Å²) < 4.78 is 0. The second kappa shape index (κ2) is 7.44. The Morgan fingerprint density at radius 3 is 2.40 bits per heavy atom. The Bertz CT molecular complexity index is 485. The smallest absolute Gasteiger partial charge is 0.294 e. The molecule has 0 saturated heterocycles. The van der Waals surface area contributed by atoms with Crippen molar-refractivity contribution in [3.8, 4) is 0 Å². The molecule has 1 aromatic carbocycles. The molecule has 0 aliphatic heterocycles. The molecule has 110 valence electrons. The van der Waals surface area contributed by atoms with Gasteiger partial charge in [-0.05, 0) is 25.0 Å². The minimum atomic E-state index is -0.560. The summed E-state index contributed by atoms with van der Waals surface area (Å²) in [6.07, 6.45) is 1.69. The first-order chi connectivity index (χ1) is 9.54. The molecule has 0 saturated carbocycles. The van der Waals surface area contributed by atoms with Gasteiger partial charge in [0.15, 0.2) is 0 Å². The molecule has 7 heteroatoms. The predicted molar refractivity (Wildman–Crippen MR) is 77.4 cm³/mol. The van der Waals surface area contributed by atoms with Crippen LogP contribution in [-0.4, -0.2) is 28.8 Å². The van der Waals surface area contributed by atoms with Crippen LogP contribution in [0.25, 0.3) is 0 Å². The second-order valence-electron chi connectivity index (χ2n) is 4.43. The van der Waals surface area contributed by atoms with E-state index in [4.69, 9.17) is 5.84 Å². The van der Waals surface area contributed by atoms with E-state index in [0.717, 1.165) is 12.8 Å². The highest BCUT2D eigenvalue weighted by Gasteiger charge is 2.20. The van der Waals surface area contributed by atoms with E-state index in [9.17, 15) is 14.9 Å². The molecule has 0 fully saturated rings. The number of nitrogen functional groups attached to an aromatic ring is 1. The number of nitro benzene ring substituents is 1. The van der Waals surface area contributed by atoms with Crippen LogP contribution >= 0.6 is 0 Å². The Kier molecular flexibility index (Phi) is 5.92. The zero-order chi connectivity index (χ0) is 15.1. The minimum Gasteiger partial charge on any atom is -0.339 e. The average molecular weight is 280 g/mol. The lowest BCUT2D eigenvalue weighted by atomic mass is 10.1. The van der Waals surface area contributed by atoms with E-state index in [1.165, 1.54) is 12.1 Å². The molecule has 0 bridgehead atoms. The van der Waals surface area contributed by atoms with E-state index in [1.54, 1.807) is 11.0 Å². The molecule has 3 N–H and O–H groups in total. The highest BCUT2D eigenvalue weighted by molar-refractivity contribution is 5.95. The van der Waals surface area contributed by atoms with E-state index in [0.29, 0.717) is 18.7 Å². The summed E-state index contributed by atoms with van der Waals surface area (Å²) in [7, 11) is 0. The molecule has 7 nitrogen and oxygen atoms in total. The number of carbonyl (C=O) groups excluding carboxylic acids is 1. The zero-order valence-corrected chi connectivity index (χ0v) is 11.8. The molecular weight excluding hydrogens is 260 g/mol. The van der Waals surface area contributed by atoms with Gasteiger partial charge in [0.05, 0.1) is 4.92 Å².